The van der Waals surface area contributed by atoms with Crippen molar-refractivity contribution in [2.45, 2.75) is 26.8 Å². The molecule has 0 saturated heterocycles. The molecule has 16 heavy (non-hydrogen) atoms. The fraction of sp³-hybridized carbons (Fsp3) is 0.462. The summed E-state index contributed by atoms with van der Waals surface area (Å²) >= 11 is 0. The Hall–Kier alpha value is -1.35. The van der Waals surface area contributed by atoms with Crippen molar-refractivity contribution in [3.8, 4) is 0 Å². The smallest absolute Gasteiger partial charge is 0.317 e. The van der Waals surface area contributed by atoms with Crippen LogP contribution in [0.4, 0.5) is 0 Å². The lowest BCUT2D eigenvalue weighted by atomic mass is 10.0. The van der Waals surface area contributed by atoms with Crippen LogP contribution < -0.4 is 5.32 Å². The highest BCUT2D eigenvalue weighted by Gasteiger charge is 1.99. The summed E-state index contributed by atoms with van der Waals surface area (Å²) in [7, 11) is 0. The Morgan fingerprint density at radius 1 is 1.25 bits per heavy atom. The van der Waals surface area contributed by atoms with Gasteiger partial charge in [-0.05, 0) is 23.5 Å². The molecule has 0 unspecified atom stereocenters. The van der Waals surface area contributed by atoms with E-state index in [1.807, 2.05) is 12.1 Å². The summed E-state index contributed by atoms with van der Waals surface area (Å²) in [4.78, 5) is 10.3. The van der Waals surface area contributed by atoms with Crippen molar-refractivity contribution in [1.29, 1.82) is 0 Å². The van der Waals surface area contributed by atoms with Gasteiger partial charge in [-0.3, -0.25) is 4.79 Å². The highest BCUT2D eigenvalue weighted by Crippen LogP contribution is 2.09. The van der Waals surface area contributed by atoms with E-state index in [-0.39, 0.29) is 6.54 Å². The quantitative estimate of drug-likeness (QED) is 0.773. The highest BCUT2D eigenvalue weighted by molar-refractivity contribution is 5.68. The van der Waals surface area contributed by atoms with Crippen LogP contribution >= 0.6 is 0 Å². The Labute approximate surface area is 96.5 Å². The number of carboxylic acid groups (broad SMARTS) is 1. The maximum atomic E-state index is 10.3. The zero-order chi connectivity index (χ0) is 12.0. The summed E-state index contributed by atoms with van der Waals surface area (Å²) in [5.41, 5.74) is 2.45. The van der Waals surface area contributed by atoms with E-state index in [9.17, 15) is 4.79 Å². The molecule has 0 heterocycles. The first-order valence-corrected chi connectivity index (χ1v) is 5.58. The molecule has 3 heteroatoms. The molecule has 0 aliphatic carbocycles. The van der Waals surface area contributed by atoms with Crippen molar-refractivity contribution < 1.29 is 9.90 Å². The van der Waals surface area contributed by atoms with Crippen LogP contribution in [0.25, 0.3) is 0 Å². The normalized spacial score (nSPS) is 10.7. The summed E-state index contributed by atoms with van der Waals surface area (Å²) in [6, 6.07) is 8.31. The molecule has 0 fully saturated rings. The lowest BCUT2D eigenvalue weighted by Crippen LogP contribution is -2.21. The molecule has 0 aromatic heterocycles. The van der Waals surface area contributed by atoms with Gasteiger partial charge in [-0.25, -0.2) is 0 Å². The van der Waals surface area contributed by atoms with E-state index in [4.69, 9.17) is 5.11 Å². The van der Waals surface area contributed by atoms with E-state index in [0.717, 1.165) is 12.0 Å². The second-order valence-corrected chi connectivity index (χ2v) is 4.41. The summed E-state index contributed by atoms with van der Waals surface area (Å²) in [5, 5.41) is 11.3. The molecule has 0 spiro atoms. The Kier molecular flexibility index (Phi) is 4.99. The molecular formula is C13H19NO2. The minimum Gasteiger partial charge on any atom is -0.480 e. The van der Waals surface area contributed by atoms with Crippen LogP contribution in [0, 0.1) is 5.92 Å². The highest BCUT2D eigenvalue weighted by atomic mass is 16.4. The molecule has 2 N–H and O–H groups in total. The second kappa shape index (κ2) is 6.28. The van der Waals surface area contributed by atoms with E-state index >= 15 is 0 Å². The summed E-state index contributed by atoms with van der Waals surface area (Å²) in [6.07, 6.45) is 1.09. The Balaban J connectivity index is 2.42. The topological polar surface area (TPSA) is 49.3 Å². The lowest BCUT2D eigenvalue weighted by Gasteiger charge is -2.06. The average molecular weight is 221 g/mol. The third kappa shape index (κ3) is 4.94. The van der Waals surface area contributed by atoms with Gasteiger partial charge in [0.15, 0.2) is 0 Å². The first kappa shape index (κ1) is 12.7. The zero-order valence-electron chi connectivity index (χ0n) is 9.86. The minimum absolute atomic E-state index is 0.00768. The molecule has 1 rings (SSSR count). The number of hydrogen-bond donors (Lipinski definition) is 2. The number of carboxylic acids is 1. The fourth-order valence-electron chi connectivity index (χ4n) is 1.58. The molecule has 0 atom stereocenters. The second-order valence-electron chi connectivity index (χ2n) is 4.41. The Morgan fingerprint density at radius 3 is 2.31 bits per heavy atom. The van der Waals surface area contributed by atoms with Gasteiger partial charge >= 0.3 is 5.97 Å². The number of rotatable bonds is 6. The van der Waals surface area contributed by atoms with Crippen molar-refractivity contribution >= 4 is 5.97 Å². The van der Waals surface area contributed by atoms with E-state index in [2.05, 4.69) is 31.3 Å². The third-order valence-corrected chi connectivity index (χ3v) is 2.27. The predicted molar refractivity (Wildman–Crippen MR) is 64.3 cm³/mol. The molecule has 1 aromatic rings. The van der Waals surface area contributed by atoms with Crippen molar-refractivity contribution in [3.05, 3.63) is 35.4 Å². The molecule has 0 saturated carbocycles. The number of carbonyl (C=O) groups is 1. The summed E-state index contributed by atoms with van der Waals surface area (Å²) in [5.74, 6) is -0.160. The van der Waals surface area contributed by atoms with Gasteiger partial charge in [0.1, 0.15) is 0 Å². The lowest BCUT2D eigenvalue weighted by molar-refractivity contribution is -0.135. The number of hydrogen-bond acceptors (Lipinski definition) is 2. The monoisotopic (exact) mass is 221 g/mol. The third-order valence-electron chi connectivity index (χ3n) is 2.27. The Morgan fingerprint density at radius 2 is 1.81 bits per heavy atom. The van der Waals surface area contributed by atoms with Gasteiger partial charge in [-0.1, -0.05) is 38.1 Å². The van der Waals surface area contributed by atoms with Gasteiger partial charge in [0.25, 0.3) is 0 Å². The van der Waals surface area contributed by atoms with E-state index in [1.165, 1.54) is 5.56 Å². The van der Waals surface area contributed by atoms with Crippen LogP contribution in [0.1, 0.15) is 25.0 Å². The Bertz CT molecular complexity index is 330. The average Bonchev–Trinajstić information content (AvgIpc) is 2.19. The maximum absolute atomic E-state index is 10.3. The zero-order valence-corrected chi connectivity index (χ0v) is 9.86. The van der Waals surface area contributed by atoms with Crippen LogP contribution in [-0.4, -0.2) is 17.6 Å². The molecule has 0 radical (unpaired) electrons. The largest absolute Gasteiger partial charge is 0.480 e. The van der Waals surface area contributed by atoms with E-state index in [0.29, 0.717) is 12.5 Å². The van der Waals surface area contributed by atoms with Crippen LogP contribution in [0.15, 0.2) is 24.3 Å². The van der Waals surface area contributed by atoms with Crippen molar-refractivity contribution in [3.63, 3.8) is 0 Å². The first-order valence-electron chi connectivity index (χ1n) is 5.58. The van der Waals surface area contributed by atoms with Gasteiger partial charge in [-0.2, -0.15) is 0 Å². The SMILES string of the molecule is CC(C)Cc1ccc(CNCC(=O)O)cc1. The van der Waals surface area contributed by atoms with Crippen molar-refractivity contribution in [2.75, 3.05) is 6.54 Å². The van der Waals surface area contributed by atoms with Crippen LogP contribution in [0.5, 0.6) is 0 Å². The van der Waals surface area contributed by atoms with Crippen LogP contribution in [-0.2, 0) is 17.8 Å². The van der Waals surface area contributed by atoms with Crippen LogP contribution in [0.3, 0.4) is 0 Å². The molecule has 88 valence electrons. The standard InChI is InChI=1S/C13H19NO2/c1-10(2)7-11-3-5-12(6-4-11)8-14-9-13(15)16/h3-6,10,14H,7-9H2,1-2H3,(H,15,16). The van der Waals surface area contributed by atoms with Gasteiger partial charge in [-0.15, -0.1) is 0 Å². The summed E-state index contributed by atoms with van der Waals surface area (Å²) < 4.78 is 0. The summed E-state index contributed by atoms with van der Waals surface area (Å²) in [6.45, 7) is 5.01. The van der Waals surface area contributed by atoms with E-state index in [1.54, 1.807) is 0 Å². The molecule has 0 amide bonds. The van der Waals surface area contributed by atoms with E-state index < -0.39 is 5.97 Å². The molecular weight excluding hydrogens is 202 g/mol. The number of benzene rings is 1. The first-order chi connectivity index (χ1) is 7.58. The number of aliphatic carboxylic acids is 1. The van der Waals surface area contributed by atoms with Gasteiger partial charge in [0.05, 0.1) is 6.54 Å². The van der Waals surface area contributed by atoms with Gasteiger partial charge < -0.3 is 10.4 Å². The number of nitrogens with one attached hydrogen (secondary N) is 1. The van der Waals surface area contributed by atoms with Gasteiger partial charge in [0.2, 0.25) is 0 Å². The van der Waals surface area contributed by atoms with Crippen LogP contribution in [0.2, 0.25) is 0 Å². The predicted octanol–water partition coefficient (Wildman–Crippen LogP) is 2.06. The molecule has 0 aliphatic rings. The van der Waals surface area contributed by atoms with Crippen molar-refractivity contribution in [2.24, 2.45) is 5.92 Å². The minimum atomic E-state index is -0.823. The molecule has 3 nitrogen and oxygen atoms in total. The molecule has 0 aliphatic heterocycles. The fourth-order valence-corrected chi connectivity index (χ4v) is 1.58. The van der Waals surface area contributed by atoms with Crippen molar-refractivity contribution in [1.82, 2.24) is 5.32 Å². The van der Waals surface area contributed by atoms with Gasteiger partial charge in [0, 0.05) is 6.54 Å². The molecule has 0 bridgehead atoms. The molecule has 1 aromatic carbocycles. The maximum Gasteiger partial charge on any atom is 0.317 e.